The Balaban J connectivity index is 2.78. The number of nitrogens with one attached hydrogen (secondary N) is 1. The monoisotopic (exact) mass is 79.0 g/mol. The maximum atomic E-state index is 4.81. The molecule has 1 N–H and O–H groups in total. The molecule has 0 aliphatic rings. The van der Waals surface area contributed by atoms with Crippen molar-refractivity contribution in [3.63, 3.8) is 0 Å². The first-order valence-corrected chi connectivity index (χ1v) is 1.53. The van der Waals surface area contributed by atoms with Crippen LogP contribution in [0.15, 0.2) is 0 Å². The van der Waals surface area contributed by atoms with Crippen molar-refractivity contribution >= 4 is 0 Å². The molecule has 0 aliphatic carbocycles. The summed E-state index contributed by atoms with van der Waals surface area (Å²) in [5.74, 6) is 2.32. The highest BCUT2D eigenvalue weighted by molar-refractivity contribution is 4.92. The van der Waals surface area contributed by atoms with Gasteiger partial charge in [0, 0.05) is 6.04 Å². The van der Waals surface area contributed by atoms with E-state index in [-0.39, 0.29) is 0 Å². The predicted octanol–water partition coefficient (Wildman–Crippen LogP) is -0.200. The number of terminal acetylenes is 2. The average Bonchev–Trinajstić information content (AvgIpc) is 1.61. The van der Waals surface area contributed by atoms with Crippen LogP contribution in [-0.2, 0) is 0 Å². The van der Waals surface area contributed by atoms with Crippen LogP contribution < -0.4 is 5.32 Å². The van der Waals surface area contributed by atoms with Gasteiger partial charge >= 0.3 is 0 Å². The Morgan fingerprint density at radius 1 is 1.50 bits per heavy atom. The van der Waals surface area contributed by atoms with Gasteiger partial charge in [0.25, 0.3) is 0 Å². The fraction of sp³-hybridized carbons (Fsp3) is 0.200. The van der Waals surface area contributed by atoms with Crippen LogP contribution in [0, 0.1) is 24.8 Å². The molecule has 0 aromatic rings. The van der Waals surface area contributed by atoms with Gasteiger partial charge in [0.1, 0.15) is 0 Å². The Kier molecular flexibility index (Phi) is 3.21. The summed E-state index contributed by atoms with van der Waals surface area (Å²) in [4.78, 5) is 0. The van der Waals surface area contributed by atoms with Crippen molar-refractivity contribution in [1.82, 2.24) is 5.32 Å². The van der Waals surface area contributed by atoms with E-state index in [9.17, 15) is 0 Å². The maximum Gasteiger partial charge on any atom is 0.0838 e. The lowest BCUT2D eigenvalue weighted by Gasteiger charge is -1.79. The average molecular weight is 79.1 g/mol. The zero-order chi connectivity index (χ0) is 4.83. The summed E-state index contributed by atoms with van der Waals surface area (Å²) in [6.07, 6.45) is 9.56. The molecule has 1 heteroatoms. The maximum absolute atomic E-state index is 4.81. The van der Waals surface area contributed by atoms with Gasteiger partial charge in [-0.05, 0) is 0 Å². The predicted molar refractivity (Wildman–Crippen MR) is 25.7 cm³/mol. The molecule has 0 aliphatic heterocycles. The highest BCUT2D eigenvalue weighted by Gasteiger charge is 1.59. The van der Waals surface area contributed by atoms with Gasteiger partial charge < -0.3 is 5.32 Å². The molecule has 0 unspecified atom stereocenters. The molecule has 0 saturated heterocycles. The molecule has 30 valence electrons. The minimum absolute atomic E-state index is 0.455. The molecule has 0 aromatic carbocycles. The smallest absolute Gasteiger partial charge is 0.0838 e. The van der Waals surface area contributed by atoms with E-state index >= 15 is 0 Å². The third-order valence-corrected chi connectivity index (χ3v) is 0.293. The number of hydrogen-bond acceptors (Lipinski definition) is 1. The van der Waals surface area contributed by atoms with Gasteiger partial charge in [0.05, 0.1) is 6.54 Å². The summed E-state index contributed by atoms with van der Waals surface area (Å²) in [5.41, 5.74) is 0. The van der Waals surface area contributed by atoms with E-state index in [1.54, 1.807) is 0 Å². The van der Waals surface area contributed by atoms with Crippen LogP contribution in [-0.4, -0.2) is 6.54 Å². The van der Waals surface area contributed by atoms with Crippen LogP contribution in [0.4, 0.5) is 0 Å². The van der Waals surface area contributed by atoms with Crippen LogP contribution in [0.25, 0.3) is 0 Å². The highest BCUT2D eigenvalue weighted by Crippen LogP contribution is 1.42. The van der Waals surface area contributed by atoms with Crippen molar-refractivity contribution in [2.75, 3.05) is 6.54 Å². The normalized spacial score (nSPS) is 5.00. The van der Waals surface area contributed by atoms with Gasteiger partial charge in [-0.15, -0.1) is 6.42 Å². The van der Waals surface area contributed by atoms with Crippen molar-refractivity contribution in [2.45, 2.75) is 0 Å². The molecular formula is C5H5N. The van der Waals surface area contributed by atoms with Gasteiger partial charge in [0.2, 0.25) is 0 Å². The lowest BCUT2D eigenvalue weighted by atomic mass is 10.7. The van der Waals surface area contributed by atoms with Crippen LogP contribution >= 0.6 is 0 Å². The molecule has 0 radical (unpaired) electrons. The minimum atomic E-state index is 0.455. The molecule has 0 spiro atoms. The quantitative estimate of drug-likeness (QED) is 0.261. The van der Waals surface area contributed by atoms with Crippen molar-refractivity contribution in [2.24, 2.45) is 0 Å². The van der Waals surface area contributed by atoms with Crippen LogP contribution in [0.2, 0.25) is 0 Å². The third-order valence-electron chi connectivity index (χ3n) is 0.293. The van der Waals surface area contributed by atoms with E-state index in [0.29, 0.717) is 6.54 Å². The molecule has 0 amide bonds. The zero-order valence-corrected chi connectivity index (χ0v) is 3.36. The molecule has 0 aromatic heterocycles. The van der Waals surface area contributed by atoms with E-state index < -0.39 is 0 Å². The second-order valence-corrected chi connectivity index (χ2v) is 0.702. The molecule has 0 rings (SSSR count). The Morgan fingerprint density at radius 3 is 2.33 bits per heavy atom. The van der Waals surface area contributed by atoms with Crippen LogP contribution in [0.1, 0.15) is 0 Å². The van der Waals surface area contributed by atoms with Crippen molar-refractivity contribution in [3.8, 4) is 24.8 Å². The van der Waals surface area contributed by atoms with E-state index in [2.05, 4.69) is 17.3 Å². The molecule has 0 bridgehead atoms. The van der Waals surface area contributed by atoms with E-state index in [1.807, 2.05) is 0 Å². The SMILES string of the molecule is C#CCNC#C. The largest absolute Gasteiger partial charge is 0.334 e. The minimum Gasteiger partial charge on any atom is -0.334 e. The first kappa shape index (κ1) is 4.92. The van der Waals surface area contributed by atoms with Gasteiger partial charge in [0.15, 0.2) is 0 Å². The fourth-order valence-corrected chi connectivity index (χ4v) is 0.102. The Bertz CT molecular complexity index is 77.5. The number of rotatable bonds is 1. The standard InChI is InChI=1S/C5H5N/c1-3-5-6-4-2/h1-2,6H,5H2. The van der Waals surface area contributed by atoms with Crippen LogP contribution in [0.3, 0.4) is 0 Å². The van der Waals surface area contributed by atoms with Gasteiger partial charge in [-0.2, -0.15) is 0 Å². The Morgan fingerprint density at radius 2 is 2.17 bits per heavy atom. The van der Waals surface area contributed by atoms with Crippen molar-refractivity contribution in [3.05, 3.63) is 0 Å². The summed E-state index contributed by atoms with van der Waals surface area (Å²) in [6.45, 7) is 0.455. The van der Waals surface area contributed by atoms with E-state index in [1.165, 1.54) is 0 Å². The lowest BCUT2D eigenvalue weighted by Crippen LogP contribution is -2.02. The summed E-state index contributed by atoms with van der Waals surface area (Å²) < 4.78 is 0. The fourth-order valence-electron chi connectivity index (χ4n) is 0.102. The van der Waals surface area contributed by atoms with Gasteiger partial charge in [-0.1, -0.05) is 12.3 Å². The van der Waals surface area contributed by atoms with Crippen molar-refractivity contribution in [1.29, 1.82) is 0 Å². The molecule has 0 heterocycles. The molecule has 6 heavy (non-hydrogen) atoms. The van der Waals surface area contributed by atoms with Crippen LogP contribution in [0.5, 0.6) is 0 Å². The lowest BCUT2D eigenvalue weighted by molar-refractivity contribution is 1.05. The highest BCUT2D eigenvalue weighted by atomic mass is 14.8. The summed E-state index contributed by atoms with van der Waals surface area (Å²) in [7, 11) is 0. The van der Waals surface area contributed by atoms with Gasteiger partial charge in [-0.25, -0.2) is 0 Å². The topological polar surface area (TPSA) is 12.0 Å². The van der Waals surface area contributed by atoms with E-state index in [4.69, 9.17) is 12.8 Å². The second-order valence-electron chi connectivity index (χ2n) is 0.702. The summed E-state index contributed by atoms with van der Waals surface area (Å²) >= 11 is 0. The molecule has 0 saturated carbocycles. The molecule has 0 fully saturated rings. The summed E-state index contributed by atoms with van der Waals surface area (Å²) in [5, 5.41) is 2.49. The van der Waals surface area contributed by atoms with Gasteiger partial charge in [-0.3, -0.25) is 0 Å². The molecule has 1 nitrogen and oxygen atoms in total. The first-order chi connectivity index (χ1) is 2.91. The summed E-state index contributed by atoms with van der Waals surface area (Å²) in [6, 6.07) is 2.18. The Labute approximate surface area is 37.7 Å². The number of hydrogen-bond donors (Lipinski definition) is 1. The Hall–Kier alpha value is -1.08. The molecule has 0 atom stereocenters. The van der Waals surface area contributed by atoms with Crippen molar-refractivity contribution < 1.29 is 0 Å². The zero-order valence-electron chi connectivity index (χ0n) is 3.36. The molecular weight excluding hydrogens is 74.1 g/mol. The van der Waals surface area contributed by atoms with E-state index in [0.717, 1.165) is 0 Å². The first-order valence-electron chi connectivity index (χ1n) is 1.53. The second kappa shape index (κ2) is 3.92. The third kappa shape index (κ3) is 2.92.